The molecule has 0 spiro atoms. The number of carbonyl (C=O) groups excluding carboxylic acids is 1. The van der Waals surface area contributed by atoms with Crippen LogP contribution in [-0.4, -0.2) is 12.6 Å². The highest BCUT2D eigenvalue weighted by atomic mass is 127. The minimum Gasteiger partial charge on any atom is -0.462 e. The zero-order valence-corrected chi connectivity index (χ0v) is 11.5. The molecular weight excluding hydrogens is 317 g/mol. The number of unbranched alkanes of at least 4 members (excludes halogenated alkanes) is 2. The summed E-state index contributed by atoms with van der Waals surface area (Å²) in [6, 6.07) is 5.17. The van der Waals surface area contributed by atoms with Crippen LogP contribution in [-0.2, 0) is 4.74 Å². The van der Waals surface area contributed by atoms with E-state index in [1.165, 1.54) is 0 Å². The van der Waals surface area contributed by atoms with Gasteiger partial charge in [-0.05, 0) is 47.2 Å². The number of carbonyl (C=O) groups is 1. The summed E-state index contributed by atoms with van der Waals surface area (Å²) in [4.78, 5) is 11.6. The lowest BCUT2D eigenvalue weighted by Gasteiger charge is -2.05. The first-order chi connectivity index (χ1) is 7.65. The zero-order chi connectivity index (χ0) is 12.0. The Morgan fingerprint density at radius 1 is 1.44 bits per heavy atom. The van der Waals surface area contributed by atoms with Crippen molar-refractivity contribution in [2.45, 2.75) is 26.2 Å². The molecule has 2 N–H and O–H groups in total. The zero-order valence-electron chi connectivity index (χ0n) is 9.33. The van der Waals surface area contributed by atoms with E-state index in [2.05, 4.69) is 29.5 Å². The second-order valence-electron chi connectivity index (χ2n) is 3.58. The van der Waals surface area contributed by atoms with Gasteiger partial charge >= 0.3 is 5.97 Å². The number of nitrogen functional groups attached to an aromatic ring is 1. The van der Waals surface area contributed by atoms with E-state index in [1.54, 1.807) is 18.2 Å². The third kappa shape index (κ3) is 4.00. The normalized spacial score (nSPS) is 10.1. The summed E-state index contributed by atoms with van der Waals surface area (Å²) in [6.45, 7) is 2.61. The Hall–Kier alpha value is -0.780. The molecule has 0 amide bonds. The van der Waals surface area contributed by atoms with Gasteiger partial charge in [0.15, 0.2) is 0 Å². The number of benzene rings is 1. The van der Waals surface area contributed by atoms with Crippen molar-refractivity contribution in [2.75, 3.05) is 12.3 Å². The minimum absolute atomic E-state index is 0.269. The molecule has 0 aliphatic heterocycles. The van der Waals surface area contributed by atoms with Crippen molar-refractivity contribution in [1.82, 2.24) is 0 Å². The van der Waals surface area contributed by atoms with E-state index in [4.69, 9.17) is 10.5 Å². The lowest BCUT2D eigenvalue weighted by atomic mass is 10.2. The second-order valence-corrected chi connectivity index (χ2v) is 4.74. The van der Waals surface area contributed by atoms with Gasteiger partial charge in [0.1, 0.15) is 0 Å². The average Bonchev–Trinajstić information content (AvgIpc) is 2.28. The molecule has 0 saturated heterocycles. The standard InChI is InChI=1S/C12H16INO2/c1-2-3-4-7-16-12(15)9-5-6-11(14)10(13)8-9/h5-6,8H,2-4,7,14H2,1H3. The molecule has 1 rings (SSSR count). The molecule has 1 aromatic carbocycles. The van der Waals surface area contributed by atoms with Gasteiger partial charge in [-0.25, -0.2) is 4.79 Å². The number of rotatable bonds is 5. The van der Waals surface area contributed by atoms with Crippen LogP contribution in [0.3, 0.4) is 0 Å². The first-order valence-corrected chi connectivity index (χ1v) is 6.45. The monoisotopic (exact) mass is 333 g/mol. The van der Waals surface area contributed by atoms with E-state index in [0.29, 0.717) is 17.9 Å². The number of anilines is 1. The van der Waals surface area contributed by atoms with Crippen molar-refractivity contribution in [3.8, 4) is 0 Å². The van der Waals surface area contributed by atoms with Crippen LogP contribution in [0.25, 0.3) is 0 Å². The molecule has 0 saturated carbocycles. The van der Waals surface area contributed by atoms with Gasteiger partial charge in [-0.3, -0.25) is 0 Å². The smallest absolute Gasteiger partial charge is 0.338 e. The topological polar surface area (TPSA) is 52.3 Å². The highest BCUT2D eigenvalue weighted by Crippen LogP contribution is 2.16. The van der Waals surface area contributed by atoms with Crippen molar-refractivity contribution in [2.24, 2.45) is 0 Å². The summed E-state index contributed by atoms with van der Waals surface area (Å²) in [5.41, 5.74) is 6.92. The second kappa shape index (κ2) is 6.73. The predicted molar refractivity (Wildman–Crippen MR) is 73.4 cm³/mol. The van der Waals surface area contributed by atoms with Crippen molar-refractivity contribution in [3.63, 3.8) is 0 Å². The van der Waals surface area contributed by atoms with E-state index >= 15 is 0 Å². The van der Waals surface area contributed by atoms with Gasteiger partial charge < -0.3 is 10.5 Å². The highest BCUT2D eigenvalue weighted by molar-refractivity contribution is 14.1. The van der Waals surface area contributed by atoms with Crippen LogP contribution in [0.5, 0.6) is 0 Å². The van der Waals surface area contributed by atoms with Crippen LogP contribution in [0.1, 0.15) is 36.5 Å². The van der Waals surface area contributed by atoms with Gasteiger partial charge in [-0.15, -0.1) is 0 Å². The molecule has 0 aliphatic carbocycles. The molecule has 0 aliphatic rings. The molecule has 0 atom stereocenters. The molecule has 0 fully saturated rings. The van der Waals surface area contributed by atoms with Gasteiger partial charge in [0, 0.05) is 9.26 Å². The number of nitrogens with two attached hydrogens (primary N) is 1. The summed E-state index contributed by atoms with van der Waals surface area (Å²) in [5, 5.41) is 0. The molecular formula is C12H16INO2. The summed E-state index contributed by atoms with van der Waals surface area (Å²) in [6.07, 6.45) is 3.14. The van der Waals surface area contributed by atoms with E-state index in [1.807, 2.05) is 0 Å². The van der Waals surface area contributed by atoms with Crippen molar-refractivity contribution in [3.05, 3.63) is 27.3 Å². The lowest BCUT2D eigenvalue weighted by molar-refractivity contribution is 0.0498. The van der Waals surface area contributed by atoms with Gasteiger partial charge in [0.2, 0.25) is 0 Å². The van der Waals surface area contributed by atoms with E-state index in [0.717, 1.165) is 22.8 Å². The maximum Gasteiger partial charge on any atom is 0.338 e. The molecule has 0 radical (unpaired) electrons. The fourth-order valence-corrected chi connectivity index (χ4v) is 1.77. The maximum atomic E-state index is 11.6. The van der Waals surface area contributed by atoms with E-state index in [9.17, 15) is 4.79 Å². The van der Waals surface area contributed by atoms with Crippen molar-refractivity contribution < 1.29 is 9.53 Å². The Morgan fingerprint density at radius 2 is 2.19 bits per heavy atom. The summed E-state index contributed by atoms with van der Waals surface area (Å²) < 4.78 is 6.02. The highest BCUT2D eigenvalue weighted by Gasteiger charge is 2.08. The number of hydrogen-bond donors (Lipinski definition) is 1. The quantitative estimate of drug-likeness (QED) is 0.390. The van der Waals surface area contributed by atoms with Crippen LogP contribution in [0, 0.1) is 3.57 Å². The molecule has 16 heavy (non-hydrogen) atoms. The van der Waals surface area contributed by atoms with Gasteiger partial charge in [0.25, 0.3) is 0 Å². The van der Waals surface area contributed by atoms with Crippen LogP contribution < -0.4 is 5.73 Å². The third-order valence-electron chi connectivity index (χ3n) is 2.22. The van der Waals surface area contributed by atoms with Gasteiger partial charge in [-0.2, -0.15) is 0 Å². The Bertz CT molecular complexity index is 366. The van der Waals surface area contributed by atoms with E-state index < -0.39 is 0 Å². The molecule has 3 nitrogen and oxygen atoms in total. The molecule has 0 aromatic heterocycles. The molecule has 88 valence electrons. The fraction of sp³-hybridized carbons (Fsp3) is 0.417. The summed E-state index contributed by atoms with van der Waals surface area (Å²) >= 11 is 2.10. The molecule has 4 heteroatoms. The van der Waals surface area contributed by atoms with Crippen LogP contribution in [0.15, 0.2) is 18.2 Å². The van der Waals surface area contributed by atoms with Crippen molar-refractivity contribution in [1.29, 1.82) is 0 Å². The van der Waals surface area contributed by atoms with Gasteiger partial charge in [-0.1, -0.05) is 19.8 Å². The number of esters is 1. The average molecular weight is 333 g/mol. The van der Waals surface area contributed by atoms with Gasteiger partial charge in [0.05, 0.1) is 12.2 Å². The van der Waals surface area contributed by atoms with Crippen LogP contribution >= 0.6 is 22.6 Å². The SMILES string of the molecule is CCCCCOC(=O)c1ccc(N)c(I)c1. The first kappa shape index (κ1) is 13.3. The Morgan fingerprint density at radius 3 is 2.81 bits per heavy atom. The summed E-state index contributed by atoms with van der Waals surface area (Å²) in [7, 11) is 0. The lowest BCUT2D eigenvalue weighted by Crippen LogP contribution is -2.07. The molecule has 1 aromatic rings. The Kier molecular flexibility index (Phi) is 5.59. The largest absolute Gasteiger partial charge is 0.462 e. The van der Waals surface area contributed by atoms with Crippen LogP contribution in [0.4, 0.5) is 5.69 Å². The molecule has 0 unspecified atom stereocenters. The minimum atomic E-state index is -0.269. The maximum absolute atomic E-state index is 11.6. The summed E-state index contributed by atoms with van der Waals surface area (Å²) in [5.74, 6) is -0.269. The van der Waals surface area contributed by atoms with Crippen molar-refractivity contribution >= 4 is 34.2 Å². The number of halogens is 1. The fourth-order valence-electron chi connectivity index (χ4n) is 1.25. The first-order valence-electron chi connectivity index (χ1n) is 5.37. The number of ether oxygens (including phenoxy) is 1. The number of hydrogen-bond acceptors (Lipinski definition) is 3. The third-order valence-corrected chi connectivity index (χ3v) is 3.15. The Balaban J connectivity index is 2.50. The van der Waals surface area contributed by atoms with Crippen LogP contribution in [0.2, 0.25) is 0 Å². The molecule has 0 heterocycles. The van der Waals surface area contributed by atoms with E-state index in [-0.39, 0.29) is 5.97 Å². The predicted octanol–water partition coefficient (Wildman–Crippen LogP) is 3.22. The Labute approximate surface area is 109 Å². The molecule has 0 bridgehead atoms.